The molecule has 192 valence electrons. The number of hydrogen-bond donors (Lipinski definition) is 1. The number of likely N-dealkylation sites (tertiary alicyclic amines) is 1. The number of carbonyl (C=O) groups is 1. The van der Waals surface area contributed by atoms with Crippen LogP contribution in [0.15, 0.2) is 90.0 Å². The van der Waals surface area contributed by atoms with Crippen LogP contribution in [-0.4, -0.2) is 43.9 Å². The number of aromatic amines is 1. The summed E-state index contributed by atoms with van der Waals surface area (Å²) in [5, 5.41) is 1.11. The maximum absolute atomic E-state index is 13.6. The quantitative estimate of drug-likeness (QED) is 0.310. The highest BCUT2D eigenvalue weighted by molar-refractivity contribution is 7.86. The number of amides is 1. The van der Waals surface area contributed by atoms with Crippen LogP contribution < -0.4 is 0 Å². The summed E-state index contributed by atoms with van der Waals surface area (Å²) in [4.78, 5) is 18.3. The molecule has 1 atom stereocenters. The Bertz CT molecular complexity index is 1460. The van der Waals surface area contributed by atoms with Crippen LogP contribution in [0.5, 0.6) is 0 Å². The molecule has 8 heteroatoms. The molecule has 6 nitrogen and oxygen atoms in total. The Labute approximate surface area is 216 Å². The number of nitrogens with zero attached hydrogens (tertiary/aromatic N) is 1. The summed E-state index contributed by atoms with van der Waals surface area (Å²) >= 11 is 0. The summed E-state index contributed by atoms with van der Waals surface area (Å²) < 4.78 is 42.1. The van der Waals surface area contributed by atoms with Crippen LogP contribution in [0.2, 0.25) is 0 Å². The Kier molecular flexibility index (Phi) is 7.39. The zero-order valence-corrected chi connectivity index (χ0v) is 21.2. The van der Waals surface area contributed by atoms with Gasteiger partial charge in [0.2, 0.25) is 0 Å². The average Bonchev–Trinajstić information content (AvgIpc) is 3.34. The molecule has 4 aromatic rings. The Hall–Kier alpha value is -3.49. The molecule has 1 fully saturated rings. The SMILES string of the molecule is O=C(C(OCCc1c[nH]c2ccccc12)c1ccc(S(=O)(=O)F)cc1)N1CCC(c2ccccc2)CC1. The highest BCUT2D eigenvalue weighted by atomic mass is 32.3. The molecule has 0 saturated carbocycles. The Morgan fingerprint density at radius 1 is 0.973 bits per heavy atom. The molecule has 1 aromatic heterocycles. The van der Waals surface area contributed by atoms with E-state index in [1.165, 1.54) is 29.8 Å². The number of nitrogens with one attached hydrogen (secondary N) is 1. The Morgan fingerprint density at radius 3 is 2.35 bits per heavy atom. The fourth-order valence-corrected chi connectivity index (χ4v) is 5.53. The number of halogens is 1. The highest BCUT2D eigenvalue weighted by Crippen LogP contribution is 2.31. The lowest BCUT2D eigenvalue weighted by Crippen LogP contribution is -2.41. The smallest absolute Gasteiger partial charge is 0.332 e. The van der Waals surface area contributed by atoms with Gasteiger partial charge in [0.1, 0.15) is 0 Å². The van der Waals surface area contributed by atoms with Crippen molar-refractivity contribution in [3.8, 4) is 0 Å². The van der Waals surface area contributed by atoms with Gasteiger partial charge in [-0.2, -0.15) is 8.42 Å². The first-order chi connectivity index (χ1) is 17.9. The molecule has 0 radical (unpaired) electrons. The van der Waals surface area contributed by atoms with Crippen LogP contribution in [0.25, 0.3) is 10.9 Å². The van der Waals surface area contributed by atoms with E-state index in [-0.39, 0.29) is 5.91 Å². The molecule has 0 bridgehead atoms. The van der Waals surface area contributed by atoms with E-state index in [2.05, 4.69) is 17.1 Å². The van der Waals surface area contributed by atoms with Gasteiger partial charge in [-0.15, -0.1) is 3.89 Å². The zero-order valence-electron chi connectivity index (χ0n) is 20.3. The van der Waals surface area contributed by atoms with Crippen LogP contribution in [0, 0.1) is 0 Å². The number of piperidine rings is 1. The molecule has 1 saturated heterocycles. The third-order valence-corrected chi connectivity index (χ3v) is 7.93. The Balaban J connectivity index is 1.31. The van der Waals surface area contributed by atoms with Crippen molar-refractivity contribution in [2.24, 2.45) is 0 Å². The van der Waals surface area contributed by atoms with Gasteiger partial charge in [0.15, 0.2) is 6.10 Å². The maximum Gasteiger partial charge on any atom is 0.332 e. The summed E-state index contributed by atoms with van der Waals surface area (Å²) in [7, 11) is -4.83. The van der Waals surface area contributed by atoms with Gasteiger partial charge < -0.3 is 14.6 Å². The number of benzene rings is 3. The zero-order chi connectivity index (χ0) is 25.8. The monoisotopic (exact) mass is 520 g/mol. The lowest BCUT2D eigenvalue weighted by molar-refractivity contribution is -0.145. The maximum atomic E-state index is 13.6. The third kappa shape index (κ3) is 5.76. The number of H-pyrrole nitrogens is 1. The molecule has 0 aliphatic carbocycles. The van der Waals surface area contributed by atoms with Gasteiger partial charge in [0, 0.05) is 30.2 Å². The molecular weight excluding hydrogens is 491 g/mol. The van der Waals surface area contributed by atoms with E-state index in [4.69, 9.17) is 4.74 Å². The van der Waals surface area contributed by atoms with E-state index in [0.717, 1.165) is 29.3 Å². The Morgan fingerprint density at radius 2 is 1.65 bits per heavy atom. The molecule has 2 heterocycles. The van der Waals surface area contributed by atoms with Crippen molar-refractivity contribution < 1.29 is 21.8 Å². The summed E-state index contributed by atoms with van der Waals surface area (Å²) in [6, 6.07) is 23.6. The summed E-state index contributed by atoms with van der Waals surface area (Å²) in [5.74, 6) is 0.238. The van der Waals surface area contributed by atoms with Gasteiger partial charge in [0.05, 0.1) is 11.5 Å². The molecule has 1 unspecified atom stereocenters. The number of ether oxygens (including phenoxy) is 1. The molecule has 5 rings (SSSR count). The lowest BCUT2D eigenvalue weighted by atomic mass is 9.89. The first kappa shape index (κ1) is 25.2. The van der Waals surface area contributed by atoms with Gasteiger partial charge in [-0.3, -0.25) is 4.79 Å². The van der Waals surface area contributed by atoms with Crippen molar-refractivity contribution in [2.45, 2.75) is 36.2 Å². The fourth-order valence-electron chi connectivity index (χ4n) is 5.06. The largest absolute Gasteiger partial charge is 0.363 e. The van der Waals surface area contributed by atoms with Crippen molar-refractivity contribution in [3.05, 3.63) is 102 Å². The first-order valence-electron chi connectivity index (χ1n) is 12.4. The predicted octanol–water partition coefficient (Wildman–Crippen LogP) is 5.53. The van der Waals surface area contributed by atoms with Crippen molar-refractivity contribution >= 4 is 27.0 Å². The van der Waals surface area contributed by atoms with E-state index in [1.54, 1.807) is 0 Å². The fraction of sp³-hybridized carbons (Fsp3) is 0.276. The van der Waals surface area contributed by atoms with Gasteiger partial charge in [0.25, 0.3) is 5.91 Å². The van der Waals surface area contributed by atoms with Crippen molar-refractivity contribution in [1.29, 1.82) is 0 Å². The predicted molar refractivity (Wildman–Crippen MR) is 140 cm³/mol. The van der Waals surface area contributed by atoms with E-state index in [1.807, 2.05) is 53.6 Å². The third-order valence-electron chi connectivity index (χ3n) is 7.10. The van der Waals surface area contributed by atoms with Crippen LogP contribution in [-0.2, 0) is 26.2 Å². The van der Waals surface area contributed by atoms with Crippen LogP contribution in [0.4, 0.5) is 3.89 Å². The number of fused-ring (bicyclic) bond motifs is 1. The molecule has 37 heavy (non-hydrogen) atoms. The standard InChI is InChI=1S/C29H29FN2O4S/c30-37(34,35)25-12-10-23(11-13-25)28(36-19-16-24-20-31-27-9-5-4-8-26(24)27)29(33)32-17-14-22(15-18-32)21-6-2-1-3-7-21/h1-13,20,22,28,31H,14-19H2. The number of rotatable bonds is 8. The van der Waals surface area contributed by atoms with Crippen molar-refractivity contribution in [2.75, 3.05) is 19.7 Å². The summed E-state index contributed by atoms with van der Waals surface area (Å²) in [5.41, 5.74) is 3.91. The van der Waals surface area contributed by atoms with Crippen LogP contribution in [0.1, 0.15) is 41.6 Å². The molecular formula is C29H29FN2O4S. The number of carbonyl (C=O) groups excluding carboxylic acids is 1. The second-order valence-electron chi connectivity index (χ2n) is 9.38. The van der Waals surface area contributed by atoms with E-state index in [0.29, 0.717) is 37.6 Å². The van der Waals surface area contributed by atoms with Gasteiger partial charge in [-0.05, 0) is 60.1 Å². The normalized spacial score (nSPS) is 15.6. The molecule has 1 aliphatic rings. The molecule has 1 N–H and O–H groups in total. The second-order valence-corrected chi connectivity index (χ2v) is 10.7. The average molecular weight is 521 g/mol. The minimum Gasteiger partial charge on any atom is -0.363 e. The van der Waals surface area contributed by atoms with Gasteiger partial charge >= 0.3 is 10.2 Å². The van der Waals surface area contributed by atoms with E-state index in [9.17, 15) is 17.1 Å². The summed E-state index contributed by atoms with van der Waals surface area (Å²) in [6.45, 7) is 1.51. The number of hydrogen-bond acceptors (Lipinski definition) is 4. The highest BCUT2D eigenvalue weighted by Gasteiger charge is 2.31. The van der Waals surface area contributed by atoms with Crippen molar-refractivity contribution in [3.63, 3.8) is 0 Å². The molecule has 0 spiro atoms. The summed E-state index contributed by atoms with van der Waals surface area (Å²) in [6.07, 6.45) is 3.35. The number of para-hydroxylation sites is 1. The minimum absolute atomic E-state index is 0.165. The van der Waals surface area contributed by atoms with E-state index >= 15 is 0 Å². The van der Waals surface area contributed by atoms with E-state index < -0.39 is 21.2 Å². The number of aromatic nitrogens is 1. The second kappa shape index (κ2) is 10.9. The van der Waals surface area contributed by atoms with Crippen LogP contribution in [0.3, 0.4) is 0 Å². The molecule has 1 amide bonds. The van der Waals surface area contributed by atoms with Crippen LogP contribution >= 0.6 is 0 Å². The topological polar surface area (TPSA) is 79.5 Å². The van der Waals surface area contributed by atoms with Gasteiger partial charge in [-0.25, -0.2) is 0 Å². The lowest BCUT2D eigenvalue weighted by Gasteiger charge is -2.34. The van der Waals surface area contributed by atoms with Gasteiger partial charge in [-0.1, -0.05) is 60.7 Å². The van der Waals surface area contributed by atoms with Crippen molar-refractivity contribution in [1.82, 2.24) is 9.88 Å². The molecule has 1 aliphatic heterocycles. The minimum atomic E-state index is -4.83. The first-order valence-corrected chi connectivity index (χ1v) is 13.8. The molecule has 3 aromatic carbocycles.